The summed E-state index contributed by atoms with van der Waals surface area (Å²) >= 11 is 0. The van der Waals surface area contributed by atoms with Crippen LogP contribution in [0.1, 0.15) is 55.5 Å². The quantitative estimate of drug-likeness (QED) is 0.832. The largest absolute Gasteiger partial charge is 0.481 e. The Morgan fingerprint density at radius 2 is 2.25 bits per heavy atom. The highest BCUT2D eigenvalue weighted by Gasteiger charge is 2.27. The first kappa shape index (κ1) is 11.1. The zero-order chi connectivity index (χ0) is 11.7. The van der Waals surface area contributed by atoms with E-state index in [1.807, 2.05) is 12.1 Å². The maximum Gasteiger partial charge on any atom is 0.311 e. The summed E-state index contributed by atoms with van der Waals surface area (Å²) in [6.07, 6.45) is 2.59. The third-order valence-corrected chi connectivity index (χ3v) is 3.20. The molecule has 0 bridgehead atoms. The number of carbonyl (C=O) groups is 1. The molecule has 1 aliphatic rings. The van der Waals surface area contributed by atoms with Gasteiger partial charge in [0, 0.05) is 11.4 Å². The van der Waals surface area contributed by atoms with Crippen molar-refractivity contribution in [3.05, 3.63) is 29.1 Å². The van der Waals surface area contributed by atoms with Crippen molar-refractivity contribution in [3.63, 3.8) is 0 Å². The Labute approximate surface area is 95.5 Å². The lowest BCUT2D eigenvalue weighted by atomic mass is 9.85. The van der Waals surface area contributed by atoms with E-state index >= 15 is 0 Å². The number of aryl methyl sites for hydroxylation is 1. The number of rotatable bonds is 2. The molecule has 0 saturated heterocycles. The molecule has 0 saturated carbocycles. The number of hydrogen-bond acceptors (Lipinski definition) is 2. The number of carboxylic acid groups (broad SMARTS) is 1. The van der Waals surface area contributed by atoms with Crippen molar-refractivity contribution in [2.24, 2.45) is 0 Å². The summed E-state index contributed by atoms with van der Waals surface area (Å²) in [4.78, 5) is 15.7. The van der Waals surface area contributed by atoms with Crippen LogP contribution in [0.15, 0.2) is 12.1 Å². The number of pyridine rings is 1. The number of nitrogens with zero attached hydrogens (tertiary/aromatic N) is 1. The molecule has 0 fully saturated rings. The molecular formula is C13H17NO2. The van der Waals surface area contributed by atoms with Crippen LogP contribution in [0.3, 0.4) is 0 Å². The van der Waals surface area contributed by atoms with Crippen LogP contribution in [0, 0.1) is 0 Å². The minimum atomic E-state index is -0.722. The molecule has 1 aliphatic carbocycles. The lowest BCUT2D eigenvalue weighted by Crippen LogP contribution is -2.19. The predicted molar refractivity (Wildman–Crippen MR) is 61.6 cm³/mol. The zero-order valence-corrected chi connectivity index (χ0v) is 9.73. The molecule has 0 spiro atoms. The van der Waals surface area contributed by atoms with Crippen LogP contribution >= 0.6 is 0 Å². The molecule has 1 unspecified atom stereocenters. The van der Waals surface area contributed by atoms with Crippen molar-refractivity contribution >= 4 is 5.97 Å². The molecule has 1 aromatic rings. The lowest BCUT2D eigenvalue weighted by molar-refractivity contribution is -0.139. The van der Waals surface area contributed by atoms with E-state index < -0.39 is 5.97 Å². The highest BCUT2D eigenvalue weighted by Crippen LogP contribution is 2.31. The van der Waals surface area contributed by atoms with E-state index in [1.54, 1.807) is 0 Å². The first-order valence-corrected chi connectivity index (χ1v) is 5.82. The second kappa shape index (κ2) is 4.24. The highest BCUT2D eigenvalue weighted by atomic mass is 16.4. The predicted octanol–water partition coefficient (Wildman–Crippen LogP) is 2.71. The van der Waals surface area contributed by atoms with Crippen molar-refractivity contribution in [1.82, 2.24) is 4.98 Å². The fourth-order valence-electron chi connectivity index (χ4n) is 2.25. The fraction of sp³-hybridized carbons (Fsp3) is 0.538. The van der Waals surface area contributed by atoms with Gasteiger partial charge in [-0.05, 0) is 36.8 Å². The van der Waals surface area contributed by atoms with E-state index in [1.165, 1.54) is 0 Å². The van der Waals surface area contributed by atoms with Gasteiger partial charge in [0.15, 0.2) is 0 Å². The Morgan fingerprint density at radius 3 is 2.88 bits per heavy atom. The van der Waals surface area contributed by atoms with E-state index in [0.29, 0.717) is 5.92 Å². The molecule has 3 heteroatoms. The average Bonchev–Trinajstić information content (AvgIpc) is 2.27. The Balaban J connectivity index is 2.40. The molecule has 16 heavy (non-hydrogen) atoms. The maximum absolute atomic E-state index is 11.1. The molecule has 0 aliphatic heterocycles. The molecule has 2 rings (SSSR count). The number of fused-ring (bicyclic) bond motifs is 1. The van der Waals surface area contributed by atoms with Gasteiger partial charge in [-0.25, -0.2) is 0 Å². The summed E-state index contributed by atoms with van der Waals surface area (Å²) in [5.41, 5.74) is 2.97. The number of aromatic nitrogens is 1. The molecule has 0 aromatic carbocycles. The van der Waals surface area contributed by atoms with Crippen molar-refractivity contribution < 1.29 is 9.90 Å². The van der Waals surface area contributed by atoms with Gasteiger partial charge in [-0.1, -0.05) is 19.9 Å². The fourth-order valence-corrected chi connectivity index (χ4v) is 2.25. The Morgan fingerprint density at radius 1 is 1.50 bits per heavy atom. The third kappa shape index (κ3) is 1.94. The molecule has 0 amide bonds. The van der Waals surface area contributed by atoms with Gasteiger partial charge in [0.2, 0.25) is 0 Å². The minimum absolute atomic E-state index is 0.350. The van der Waals surface area contributed by atoms with Crippen LogP contribution in [-0.2, 0) is 11.2 Å². The topological polar surface area (TPSA) is 50.2 Å². The number of carboxylic acids is 1. The Bertz CT molecular complexity index is 412. The summed E-state index contributed by atoms with van der Waals surface area (Å²) in [7, 11) is 0. The van der Waals surface area contributed by atoms with Crippen LogP contribution in [0.4, 0.5) is 0 Å². The van der Waals surface area contributed by atoms with Crippen LogP contribution in [-0.4, -0.2) is 16.1 Å². The van der Waals surface area contributed by atoms with Crippen LogP contribution in [0.2, 0.25) is 0 Å². The van der Waals surface area contributed by atoms with Crippen molar-refractivity contribution in [1.29, 1.82) is 0 Å². The summed E-state index contributed by atoms with van der Waals surface area (Å²) < 4.78 is 0. The van der Waals surface area contributed by atoms with E-state index in [0.717, 1.165) is 36.2 Å². The first-order chi connectivity index (χ1) is 7.59. The van der Waals surface area contributed by atoms with Gasteiger partial charge in [-0.15, -0.1) is 0 Å². The van der Waals surface area contributed by atoms with Gasteiger partial charge in [-0.2, -0.15) is 0 Å². The molecule has 3 nitrogen and oxygen atoms in total. The Hall–Kier alpha value is -1.38. The van der Waals surface area contributed by atoms with Crippen molar-refractivity contribution in [3.8, 4) is 0 Å². The second-order valence-corrected chi connectivity index (χ2v) is 4.71. The van der Waals surface area contributed by atoms with E-state index in [-0.39, 0.29) is 5.92 Å². The van der Waals surface area contributed by atoms with Gasteiger partial charge in [0.25, 0.3) is 0 Å². The van der Waals surface area contributed by atoms with Crippen LogP contribution < -0.4 is 0 Å². The van der Waals surface area contributed by atoms with Gasteiger partial charge in [0.1, 0.15) is 0 Å². The smallest absolute Gasteiger partial charge is 0.311 e. The monoisotopic (exact) mass is 219 g/mol. The highest BCUT2D eigenvalue weighted by molar-refractivity contribution is 5.76. The standard InChI is InChI=1S/C13H17NO2/c1-8(2)11-7-6-9-10(13(15)16)4-3-5-12(9)14-11/h6-8,10H,3-5H2,1-2H3,(H,15,16). The van der Waals surface area contributed by atoms with E-state index in [4.69, 9.17) is 5.11 Å². The molecule has 86 valence electrons. The summed E-state index contributed by atoms with van der Waals surface area (Å²) in [5, 5.41) is 9.14. The van der Waals surface area contributed by atoms with E-state index in [9.17, 15) is 4.79 Å². The number of hydrogen-bond donors (Lipinski definition) is 1. The SMILES string of the molecule is CC(C)c1ccc2c(n1)CCCC2C(=O)O. The second-order valence-electron chi connectivity index (χ2n) is 4.71. The van der Waals surface area contributed by atoms with Crippen molar-refractivity contribution in [2.45, 2.75) is 44.9 Å². The van der Waals surface area contributed by atoms with Gasteiger partial charge in [-0.3, -0.25) is 9.78 Å². The molecule has 1 N–H and O–H groups in total. The van der Waals surface area contributed by atoms with Gasteiger partial charge >= 0.3 is 5.97 Å². The molecule has 1 heterocycles. The first-order valence-electron chi connectivity index (χ1n) is 5.82. The number of aliphatic carboxylic acids is 1. The maximum atomic E-state index is 11.1. The molecule has 0 radical (unpaired) electrons. The van der Waals surface area contributed by atoms with Crippen molar-refractivity contribution in [2.75, 3.05) is 0 Å². The minimum Gasteiger partial charge on any atom is -0.481 e. The zero-order valence-electron chi connectivity index (χ0n) is 9.73. The lowest BCUT2D eigenvalue weighted by Gasteiger charge is -2.22. The normalized spacial score (nSPS) is 19.6. The van der Waals surface area contributed by atoms with Gasteiger partial charge in [0.05, 0.1) is 5.92 Å². The molecular weight excluding hydrogens is 202 g/mol. The van der Waals surface area contributed by atoms with Crippen LogP contribution in [0.5, 0.6) is 0 Å². The molecule has 1 aromatic heterocycles. The average molecular weight is 219 g/mol. The summed E-state index contributed by atoms with van der Waals surface area (Å²) in [5.74, 6) is -0.673. The third-order valence-electron chi connectivity index (χ3n) is 3.20. The summed E-state index contributed by atoms with van der Waals surface area (Å²) in [6.45, 7) is 4.21. The van der Waals surface area contributed by atoms with Crippen LogP contribution in [0.25, 0.3) is 0 Å². The summed E-state index contributed by atoms with van der Waals surface area (Å²) in [6, 6.07) is 3.92. The molecule has 1 atom stereocenters. The van der Waals surface area contributed by atoms with E-state index in [2.05, 4.69) is 18.8 Å². The Kier molecular flexibility index (Phi) is 2.95. The van der Waals surface area contributed by atoms with Gasteiger partial charge < -0.3 is 5.11 Å².